The molecule has 4 heteroatoms. The zero-order valence-electron chi connectivity index (χ0n) is 26.4. The molecule has 8 saturated carbocycles. The monoisotopic (exact) mass is 604 g/mol. The van der Waals surface area contributed by atoms with Crippen LogP contribution in [0.1, 0.15) is 114 Å². The summed E-state index contributed by atoms with van der Waals surface area (Å²) in [6, 6.07) is 10.2. The first-order valence-corrected chi connectivity index (χ1v) is 21.8. The number of benzene rings is 1. The number of hydrogen-bond donors (Lipinski definition) is 2. The van der Waals surface area contributed by atoms with E-state index < -0.39 is 0 Å². The highest BCUT2D eigenvalue weighted by Crippen LogP contribution is 2.79. The second-order valence-corrected chi connectivity index (χ2v) is 23.2. The van der Waals surface area contributed by atoms with E-state index in [9.17, 15) is 0 Å². The molecule has 1 aromatic rings. The minimum absolute atomic E-state index is 0.0137. The normalized spacial score (nSPS) is 47.0. The van der Waals surface area contributed by atoms with Crippen molar-refractivity contribution in [1.82, 2.24) is 10.6 Å². The highest BCUT2D eigenvalue weighted by atomic mass is 31.1. The van der Waals surface area contributed by atoms with Crippen LogP contribution in [0.25, 0.3) is 0 Å². The van der Waals surface area contributed by atoms with Crippen LogP contribution in [0.4, 0.5) is 0 Å². The number of rotatable bonds is 8. The third kappa shape index (κ3) is 5.12. The van der Waals surface area contributed by atoms with Gasteiger partial charge in [-0.1, -0.05) is 40.1 Å². The Balaban J connectivity index is 1.06. The van der Waals surface area contributed by atoms with E-state index in [2.05, 4.69) is 34.9 Å². The molecule has 10 fully saturated rings. The first kappa shape index (κ1) is 28.2. The van der Waals surface area contributed by atoms with Crippen molar-refractivity contribution in [2.24, 2.45) is 35.5 Å². The van der Waals surface area contributed by atoms with Gasteiger partial charge in [0.2, 0.25) is 0 Å². The Bertz CT molecular complexity index is 987. The number of hydrogen-bond acceptors (Lipinski definition) is 2. The van der Waals surface area contributed by atoms with Crippen LogP contribution >= 0.6 is 15.8 Å². The van der Waals surface area contributed by atoms with Gasteiger partial charge in [-0.15, -0.1) is 0 Å². The fourth-order valence-corrected chi connectivity index (χ4v) is 22.4. The van der Waals surface area contributed by atoms with E-state index in [0.29, 0.717) is 0 Å². The summed E-state index contributed by atoms with van der Waals surface area (Å²) in [7, 11) is 0.0409. The quantitative estimate of drug-likeness (QED) is 0.289. The van der Waals surface area contributed by atoms with E-state index >= 15 is 0 Å². The zero-order chi connectivity index (χ0) is 27.7. The molecule has 2 aliphatic heterocycles. The summed E-state index contributed by atoms with van der Waals surface area (Å²) < 4.78 is 0. The lowest BCUT2D eigenvalue weighted by molar-refractivity contribution is 0.0184. The molecule has 2 nitrogen and oxygen atoms in total. The van der Waals surface area contributed by atoms with Crippen molar-refractivity contribution in [2.75, 3.05) is 26.2 Å². The van der Waals surface area contributed by atoms with Crippen LogP contribution in [0, 0.1) is 35.5 Å². The van der Waals surface area contributed by atoms with Crippen LogP contribution in [0.3, 0.4) is 0 Å². The van der Waals surface area contributed by atoms with Crippen LogP contribution in [-0.4, -0.2) is 47.8 Å². The molecule has 2 N–H and O–H groups in total. The summed E-state index contributed by atoms with van der Waals surface area (Å²) in [5.41, 5.74) is 5.51. The Hall–Kier alpha value is -0.0000000000000000555. The van der Waals surface area contributed by atoms with Crippen LogP contribution < -0.4 is 10.6 Å². The first-order chi connectivity index (χ1) is 20.6. The minimum atomic E-state index is 0.0137. The molecule has 0 spiro atoms. The predicted octanol–water partition coefficient (Wildman–Crippen LogP) is 9.09. The summed E-state index contributed by atoms with van der Waals surface area (Å²) in [4.78, 5) is 0. The Kier molecular flexibility index (Phi) is 7.64. The Labute approximate surface area is 259 Å². The van der Waals surface area contributed by atoms with E-state index in [4.69, 9.17) is 0 Å². The molecular weight excluding hydrogens is 546 g/mol. The molecule has 230 valence electrons. The van der Waals surface area contributed by atoms with Crippen molar-refractivity contribution in [3.05, 3.63) is 35.4 Å². The lowest BCUT2D eigenvalue weighted by atomic mass is 9.55. The van der Waals surface area contributed by atoms with Gasteiger partial charge >= 0.3 is 0 Å². The Morgan fingerprint density at radius 2 is 0.976 bits per heavy atom. The molecule has 1 aromatic carbocycles. The van der Waals surface area contributed by atoms with Gasteiger partial charge in [0.15, 0.2) is 0 Å². The van der Waals surface area contributed by atoms with Gasteiger partial charge in [0, 0.05) is 13.1 Å². The highest BCUT2D eigenvalue weighted by molar-refractivity contribution is 7.60. The van der Waals surface area contributed by atoms with Gasteiger partial charge in [0.25, 0.3) is 0 Å². The summed E-state index contributed by atoms with van der Waals surface area (Å²) in [6.45, 7) is 5.08. The Morgan fingerprint density at radius 1 is 0.571 bits per heavy atom. The van der Waals surface area contributed by atoms with E-state index in [1.165, 1.54) is 64.2 Å². The van der Waals surface area contributed by atoms with Gasteiger partial charge in [-0.05, 0) is 196 Å². The van der Waals surface area contributed by atoms with Crippen LogP contribution in [0.2, 0.25) is 0 Å². The summed E-state index contributed by atoms with van der Waals surface area (Å²) in [5, 5.41) is 9.16. The number of nitrogens with one attached hydrogen (secondary N) is 2. The molecule has 11 rings (SSSR count). The maximum atomic E-state index is 3.83. The molecule has 42 heavy (non-hydrogen) atoms. The molecule has 2 saturated heterocycles. The lowest BCUT2D eigenvalue weighted by Gasteiger charge is -2.67. The first-order valence-electron chi connectivity index (χ1n) is 18.6. The Morgan fingerprint density at radius 3 is 1.36 bits per heavy atom. The van der Waals surface area contributed by atoms with Crippen LogP contribution in [0.5, 0.6) is 0 Å². The van der Waals surface area contributed by atoms with E-state index in [-0.39, 0.29) is 15.8 Å². The molecule has 10 aliphatic rings. The average molecular weight is 605 g/mol. The molecule has 0 aromatic heterocycles. The van der Waals surface area contributed by atoms with Crippen molar-refractivity contribution < 1.29 is 0 Å². The lowest BCUT2D eigenvalue weighted by Crippen LogP contribution is -2.56. The maximum Gasteiger partial charge on any atom is 0.00191 e. The van der Waals surface area contributed by atoms with E-state index in [1.54, 1.807) is 77.0 Å². The molecule has 2 unspecified atom stereocenters. The topological polar surface area (TPSA) is 24.1 Å². The third-order valence-electron chi connectivity index (χ3n) is 14.4. The van der Waals surface area contributed by atoms with Gasteiger partial charge in [0.05, 0.1) is 0 Å². The predicted molar refractivity (Wildman–Crippen MR) is 181 cm³/mol. The molecule has 8 aliphatic carbocycles. The van der Waals surface area contributed by atoms with Crippen LogP contribution in [0.15, 0.2) is 24.3 Å². The van der Waals surface area contributed by atoms with Crippen molar-refractivity contribution in [2.45, 2.75) is 137 Å². The second kappa shape index (κ2) is 11.4. The van der Waals surface area contributed by atoms with Crippen molar-refractivity contribution in [1.29, 1.82) is 0 Å². The van der Waals surface area contributed by atoms with Gasteiger partial charge in [0.1, 0.15) is 0 Å². The fraction of sp³-hybridized carbons (Fsp3) is 0.842. The summed E-state index contributed by atoms with van der Waals surface area (Å²) in [6.07, 6.45) is 28.1. The molecule has 0 radical (unpaired) electrons. The van der Waals surface area contributed by atoms with E-state index in [1.807, 2.05) is 11.1 Å². The molecule has 2 atom stereocenters. The summed E-state index contributed by atoms with van der Waals surface area (Å²) >= 11 is 0. The minimum Gasteiger partial charge on any atom is -0.316 e. The van der Waals surface area contributed by atoms with Gasteiger partial charge in [-0.2, -0.15) is 0 Å². The maximum absolute atomic E-state index is 3.83. The zero-order valence-corrected chi connectivity index (χ0v) is 28.2. The average Bonchev–Trinajstić information content (AvgIpc) is 2.98. The van der Waals surface area contributed by atoms with E-state index in [0.717, 1.165) is 57.1 Å². The molecule has 8 bridgehead atoms. The second-order valence-electron chi connectivity index (χ2n) is 17.3. The standard InChI is InChI=1S/C38H58N2P2/c1-2-6-34(33(5-1)25-41(35-7-3-9-39-23-35)36-8-4-10-40-24-36)26-42(37-17-27-11-28(18-37)13-29(12-27)19-37)38-20-30-14-31(21-38)16-32(15-30)22-38/h1-2,5-6,27-32,35-36,39-40H,3-4,7-26H2. The molecule has 2 heterocycles. The fourth-order valence-electron chi connectivity index (χ4n) is 13.7. The molecular formula is C38H58N2P2. The van der Waals surface area contributed by atoms with Crippen molar-refractivity contribution in [3.63, 3.8) is 0 Å². The van der Waals surface area contributed by atoms with Crippen molar-refractivity contribution in [3.8, 4) is 0 Å². The van der Waals surface area contributed by atoms with Gasteiger partial charge < -0.3 is 10.6 Å². The SMILES string of the molecule is c1ccc(CP(C23CC4CC(CC(C4)C2)C3)C23CC4CC(CC(C4)C2)C3)c(CP(C2CCCNC2)C2CCCNC2)c1. The highest BCUT2D eigenvalue weighted by Gasteiger charge is 2.62. The van der Waals surface area contributed by atoms with Crippen LogP contribution in [-0.2, 0) is 12.3 Å². The molecule has 0 amide bonds. The third-order valence-corrected chi connectivity index (χ3v) is 21.9. The smallest absolute Gasteiger partial charge is 0.00191 e. The van der Waals surface area contributed by atoms with Gasteiger partial charge in [-0.25, -0.2) is 0 Å². The van der Waals surface area contributed by atoms with Gasteiger partial charge in [-0.3, -0.25) is 0 Å². The summed E-state index contributed by atoms with van der Waals surface area (Å²) in [5.74, 6) is 6.56. The van der Waals surface area contributed by atoms with Crippen molar-refractivity contribution >= 4 is 15.8 Å². The number of piperidine rings is 2. The largest absolute Gasteiger partial charge is 0.316 e.